The molecule has 1 heterocycles. The number of rotatable bonds is 6. The Balaban J connectivity index is 1.65. The fourth-order valence-corrected chi connectivity index (χ4v) is 2.21. The summed E-state index contributed by atoms with van der Waals surface area (Å²) in [5.74, 6) is 2.36. The summed E-state index contributed by atoms with van der Waals surface area (Å²) in [6.07, 6.45) is 1.68. The van der Waals surface area contributed by atoms with Crippen LogP contribution in [0.3, 0.4) is 0 Å². The molecular weight excluding hydrogens is 288 g/mol. The quantitative estimate of drug-likeness (QED) is 0.723. The van der Waals surface area contributed by atoms with Gasteiger partial charge < -0.3 is 15.2 Å². The SMILES string of the molecule is OCc1ccnc(NCc2cccc(Oc3ccccc3)c2)c1. The summed E-state index contributed by atoms with van der Waals surface area (Å²) in [7, 11) is 0. The number of anilines is 1. The zero-order valence-corrected chi connectivity index (χ0v) is 12.6. The first kappa shape index (κ1) is 15.1. The zero-order valence-electron chi connectivity index (χ0n) is 12.6. The largest absolute Gasteiger partial charge is 0.457 e. The first-order valence-corrected chi connectivity index (χ1v) is 7.45. The van der Waals surface area contributed by atoms with Gasteiger partial charge in [-0.25, -0.2) is 4.98 Å². The molecule has 0 radical (unpaired) electrons. The fourth-order valence-electron chi connectivity index (χ4n) is 2.21. The van der Waals surface area contributed by atoms with Crippen LogP contribution in [0.15, 0.2) is 72.9 Å². The Morgan fingerprint density at radius 3 is 2.52 bits per heavy atom. The second-order valence-electron chi connectivity index (χ2n) is 5.12. The Kier molecular flexibility index (Phi) is 4.86. The molecule has 0 aliphatic carbocycles. The predicted molar refractivity (Wildman–Crippen MR) is 90.4 cm³/mol. The van der Waals surface area contributed by atoms with Gasteiger partial charge in [0, 0.05) is 12.7 Å². The van der Waals surface area contributed by atoms with Crippen LogP contribution in [0.2, 0.25) is 0 Å². The van der Waals surface area contributed by atoms with Crippen LogP contribution >= 0.6 is 0 Å². The molecule has 23 heavy (non-hydrogen) atoms. The van der Waals surface area contributed by atoms with E-state index in [1.807, 2.05) is 60.7 Å². The summed E-state index contributed by atoms with van der Waals surface area (Å²) in [6, 6.07) is 21.3. The monoisotopic (exact) mass is 306 g/mol. The Labute approximate surface area is 135 Å². The highest BCUT2D eigenvalue weighted by molar-refractivity contribution is 5.40. The minimum absolute atomic E-state index is 0.0115. The van der Waals surface area contributed by atoms with E-state index in [9.17, 15) is 0 Å². The average Bonchev–Trinajstić information content (AvgIpc) is 2.61. The molecule has 0 unspecified atom stereocenters. The van der Waals surface area contributed by atoms with E-state index in [-0.39, 0.29) is 6.61 Å². The molecule has 3 rings (SSSR count). The van der Waals surface area contributed by atoms with Crippen molar-refractivity contribution in [3.63, 3.8) is 0 Å². The molecule has 0 atom stereocenters. The van der Waals surface area contributed by atoms with Crippen LogP contribution in [0.4, 0.5) is 5.82 Å². The van der Waals surface area contributed by atoms with Crippen molar-refractivity contribution in [2.75, 3.05) is 5.32 Å². The topological polar surface area (TPSA) is 54.4 Å². The number of ether oxygens (including phenoxy) is 1. The van der Waals surface area contributed by atoms with Crippen LogP contribution in [0.5, 0.6) is 11.5 Å². The smallest absolute Gasteiger partial charge is 0.127 e. The highest BCUT2D eigenvalue weighted by Crippen LogP contribution is 2.22. The van der Waals surface area contributed by atoms with Gasteiger partial charge in [-0.1, -0.05) is 30.3 Å². The van der Waals surface area contributed by atoms with Crippen molar-refractivity contribution >= 4 is 5.82 Å². The summed E-state index contributed by atoms with van der Waals surface area (Å²) in [4.78, 5) is 4.24. The van der Waals surface area contributed by atoms with Crippen LogP contribution in [-0.2, 0) is 13.2 Å². The molecule has 116 valence electrons. The van der Waals surface area contributed by atoms with Gasteiger partial charge in [0.15, 0.2) is 0 Å². The van der Waals surface area contributed by atoms with Gasteiger partial charge in [0.2, 0.25) is 0 Å². The van der Waals surface area contributed by atoms with E-state index in [1.54, 1.807) is 12.3 Å². The van der Waals surface area contributed by atoms with Gasteiger partial charge in [-0.3, -0.25) is 0 Å². The maximum absolute atomic E-state index is 9.15. The van der Waals surface area contributed by atoms with Gasteiger partial charge in [-0.05, 0) is 47.5 Å². The number of hydrogen-bond donors (Lipinski definition) is 2. The number of nitrogens with zero attached hydrogens (tertiary/aromatic N) is 1. The standard InChI is InChI=1S/C19H18N2O2/c22-14-16-9-10-20-19(12-16)21-13-15-5-4-8-18(11-15)23-17-6-2-1-3-7-17/h1-12,22H,13-14H2,(H,20,21). The number of nitrogens with one attached hydrogen (secondary N) is 1. The third kappa shape index (κ3) is 4.31. The summed E-state index contributed by atoms with van der Waals surface area (Å²) in [6.45, 7) is 0.644. The number of aromatic nitrogens is 1. The van der Waals surface area contributed by atoms with E-state index in [0.717, 1.165) is 28.4 Å². The van der Waals surface area contributed by atoms with Crippen LogP contribution in [-0.4, -0.2) is 10.1 Å². The van der Waals surface area contributed by atoms with Crippen molar-refractivity contribution in [1.29, 1.82) is 0 Å². The number of hydrogen-bond acceptors (Lipinski definition) is 4. The number of para-hydroxylation sites is 1. The molecule has 0 aliphatic heterocycles. The molecule has 1 aromatic heterocycles. The van der Waals surface area contributed by atoms with E-state index >= 15 is 0 Å². The molecule has 2 aromatic carbocycles. The van der Waals surface area contributed by atoms with Gasteiger partial charge in [-0.2, -0.15) is 0 Å². The molecule has 3 aromatic rings. The molecule has 0 amide bonds. The Morgan fingerprint density at radius 1 is 0.870 bits per heavy atom. The van der Waals surface area contributed by atoms with E-state index in [1.165, 1.54) is 0 Å². The first-order chi connectivity index (χ1) is 11.3. The Hall–Kier alpha value is -2.85. The highest BCUT2D eigenvalue weighted by atomic mass is 16.5. The second-order valence-corrected chi connectivity index (χ2v) is 5.12. The van der Waals surface area contributed by atoms with E-state index in [0.29, 0.717) is 6.54 Å². The lowest BCUT2D eigenvalue weighted by Gasteiger charge is -2.09. The van der Waals surface area contributed by atoms with Crippen molar-refractivity contribution < 1.29 is 9.84 Å². The molecule has 0 bridgehead atoms. The van der Waals surface area contributed by atoms with Crippen LogP contribution in [0.1, 0.15) is 11.1 Å². The Bertz CT molecular complexity index is 760. The van der Waals surface area contributed by atoms with Gasteiger partial charge in [-0.15, -0.1) is 0 Å². The molecular formula is C19H18N2O2. The van der Waals surface area contributed by atoms with Crippen molar-refractivity contribution in [2.45, 2.75) is 13.2 Å². The summed E-state index contributed by atoms with van der Waals surface area (Å²) < 4.78 is 5.83. The summed E-state index contributed by atoms with van der Waals surface area (Å²) >= 11 is 0. The molecule has 0 aliphatic rings. The van der Waals surface area contributed by atoms with Crippen LogP contribution in [0.25, 0.3) is 0 Å². The van der Waals surface area contributed by atoms with Crippen molar-refractivity contribution in [1.82, 2.24) is 4.98 Å². The van der Waals surface area contributed by atoms with E-state index in [4.69, 9.17) is 9.84 Å². The third-order valence-corrected chi connectivity index (χ3v) is 3.36. The minimum Gasteiger partial charge on any atom is -0.457 e. The summed E-state index contributed by atoms with van der Waals surface area (Å²) in [5.41, 5.74) is 1.93. The number of benzene rings is 2. The summed E-state index contributed by atoms with van der Waals surface area (Å²) in [5, 5.41) is 12.4. The zero-order chi connectivity index (χ0) is 15.9. The number of aliphatic hydroxyl groups is 1. The number of aliphatic hydroxyl groups excluding tert-OH is 1. The van der Waals surface area contributed by atoms with Crippen molar-refractivity contribution in [3.8, 4) is 11.5 Å². The van der Waals surface area contributed by atoms with E-state index in [2.05, 4.69) is 10.3 Å². The van der Waals surface area contributed by atoms with Crippen molar-refractivity contribution in [3.05, 3.63) is 84.1 Å². The lowest BCUT2D eigenvalue weighted by molar-refractivity contribution is 0.282. The molecule has 2 N–H and O–H groups in total. The first-order valence-electron chi connectivity index (χ1n) is 7.45. The molecule has 0 fully saturated rings. The van der Waals surface area contributed by atoms with Crippen LogP contribution < -0.4 is 10.1 Å². The molecule has 4 nitrogen and oxygen atoms in total. The second kappa shape index (κ2) is 7.42. The fraction of sp³-hybridized carbons (Fsp3) is 0.105. The van der Waals surface area contributed by atoms with Crippen LogP contribution in [0, 0.1) is 0 Å². The Morgan fingerprint density at radius 2 is 1.70 bits per heavy atom. The maximum atomic E-state index is 9.15. The predicted octanol–water partition coefficient (Wildman–Crippen LogP) is 3.98. The molecule has 4 heteroatoms. The lowest BCUT2D eigenvalue weighted by atomic mass is 10.2. The van der Waals surface area contributed by atoms with Gasteiger partial charge >= 0.3 is 0 Å². The molecule has 0 saturated heterocycles. The van der Waals surface area contributed by atoms with Crippen molar-refractivity contribution in [2.24, 2.45) is 0 Å². The molecule has 0 spiro atoms. The third-order valence-electron chi connectivity index (χ3n) is 3.36. The van der Waals surface area contributed by atoms with Gasteiger partial charge in [0.1, 0.15) is 17.3 Å². The molecule has 0 saturated carbocycles. The van der Waals surface area contributed by atoms with E-state index < -0.39 is 0 Å². The van der Waals surface area contributed by atoms with Gasteiger partial charge in [0.25, 0.3) is 0 Å². The normalized spacial score (nSPS) is 10.3. The maximum Gasteiger partial charge on any atom is 0.127 e. The lowest BCUT2D eigenvalue weighted by Crippen LogP contribution is -2.02. The highest BCUT2D eigenvalue weighted by Gasteiger charge is 2.01. The minimum atomic E-state index is 0.0115. The number of pyridine rings is 1. The average molecular weight is 306 g/mol. The van der Waals surface area contributed by atoms with Gasteiger partial charge in [0.05, 0.1) is 6.61 Å².